The molecule has 1 aliphatic carbocycles. The second-order valence-electron chi connectivity index (χ2n) is 6.09. The Balaban J connectivity index is 1.55. The van der Waals surface area contributed by atoms with Crippen molar-refractivity contribution in [2.24, 2.45) is 5.92 Å². The molecule has 20 heavy (non-hydrogen) atoms. The van der Waals surface area contributed by atoms with Crippen molar-refractivity contribution < 1.29 is 4.39 Å². The van der Waals surface area contributed by atoms with E-state index in [0.717, 1.165) is 29.5 Å². The molecule has 3 heteroatoms. The van der Waals surface area contributed by atoms with E-state index in [4.69, 9.17) is 0 Å². The summed E-state index contributed by atoms with van der Waals surface area (Å²) < 4.78 is 13.8. The number of thioether (sulfide) groups is 1. The lowest BCUT2D eigenvalue weighted by atomic mass is 9.87. The molecule has 0 spiro atoms. The van der Waals surface area contributed by atoms with Crippen LogP contribution in [-0.4, -0.2) is 12.3 Å². The van der Waals surface area contributed by atoms with E-state index in [1.807, 2.05) is 6.07 Å². The van der Waals surface area contributed by atoms with Gasteiger partial charge in [0.05, 0.1) is 0 Å². The lowest BCUT2D eigenvalue weighted by molar-refractivity contribution is 0.326. The zero-order valence-corrected chi connectivity index (χ0v) is 12.9. The third kappa shape index (κ3) is 3.37. The number of hydrogen-bond acceptors (Lipinski definition) is 2. The van der Waals surface area contributed by atoms with Crippen molar-refractivity contribution in [2.75, 3.05) is 12.3 Å². The van der Waals surface area contributed by atoms with E-state index in [1.165, 1.54) is 44.1 Å². The third-order valence-corrected chi connectivity index (χ3v) is 5.85. The molecule has 1 fully saturated rings. The molecule has 1 unspecified atom stereocenters. The maximum atomic E-state index is 13.8. The first-order valence-electron chi connectivity index (χ1n) is 7.99. The highest BCUT2D eigenvalue weighted by Crippen LogP contribution is 2.37. The van der Waals surface area contributed by atoms with Crippen molar-refractivity contribution in [3.05, 3.63) is 29.6 Å². The Morgan fingerprint density at radius 3 is 2.85 bits per heavy atom. The van der Waals surface area contributed by atoms with Gasteiger partial charge in [0.15, 0.2) is 0 Å². The van der Waals surface area contributed by atoms with Crippen LogP contribution in [0.4, 0.5) is 4.39 Å². The molecule has 110 valence electrons. The highest BCUT2D eigenvalue weighted by atomic mass is 32.2. The summed E-state index contributed by atoms with van der Waals surface area (Å²) in [6, 6.07) is 5.86. The molecule has 0 saturated heterocycles. The fourth-order valence-corrected chi connectivity index (χ4v) is 4.68. The Labute approximate surface area is 125 Å². The van der Waals surface area contributed by atoms with Gasteiger partial charge in [-0.1, -0.05) is 44.2 Å². The Hall–Kier alpha value is -0.540. The van der Waals surface area contributed by atoms with Crippen molar-refractivity contribution in [3.8, 4) is 0 Å². The summed E-state index contributed by atoms with van der Waals surface area (Å²) >= 11 is 1.67. The van der Waals surface area contributed by atoms with Gasteiger partial charge in [0.1, 0.15) is 5.82 Å². The maximum Gasteiger partial charge on any atom is 0.137 e. The van der Waals surface area contributed by atoms with Crippen LogP contribution < -0.4 is 5.32 Å². The normalized spacial score (nSPS) is 23.6. The Morgan fingerprint density at radius 1 is 1.15 bits per heavy atom. The van der Waals surface area contributed by atoms with E-state index in [1.54, 1.807) is 17.8 Å². The van der Waals surface area contributed by atoms with Crippen LogP contribution in [0.2, 0.25) is 0 Å². The molecule has 1 aromatic rings. The molecule has 2 aliphatic rings. The van der Waals surface area contributed by atoms with Gasteiger partial charge in [-0.05, 0) is 42.7 Å². The van der Waals surface area contributed by atoms with Crippen LogP contribution in [0.25, 0.3) is 0 Å². The molecule has 1 N–H and O–H groups in total. The first-order chi connectivity index (χ1) is 9.84. The van der Waals surface area contributed by atoms with Crippen LogP contribution in [0.15, 0.2) is 23.1 Å². The lowest BCUT2D eigenvalue weighted by Gasteiger charge is -2.28. The largest absolute Gasteiger partial charge is 0.310 e. The summed E-state index contributed by atoms with van der Waals surface area (Å²) in [7, 11) is 0. The molecule has 1 nitrogen and oxygen atoms in total. The van der Waals surface area contributed by atoms with Gasteiger partial charge < -0.3 is 5.32 Å². The molecule has 1 aromatic carbocycles. The molecule has 0 amide bonds. The van der Waals surface area contributed by atoms with Gasteiger partial charge in [-0.2, -0.15) is 0 Å². The summed E-state index contributed by atoms with van der Waals surface area (Å²) in [4.78, 5) is 0.869. The highest BCUT2D eigenvalue weighted by molar-refractivity contribution is 7.99. The molecule has 1 aliphatic heterocycles. The van der Waals surface area contributed by atoms with E-state index >= 15 is 0 Å². The highest BCUT2D eigenvalue weighted by Gasteiger charge is 2.23. The molecule has 1 atom stereocenters. The standard InChI is InChI=1S/C17H24FNS/c18-15-8-4-7-14-16(10-12-20-17(14)15)19-11-9-13-5-2-1-3-6-13/h4,7-8,13,16,19H,1-3,5-6,9-12H2. The predicted molar refractivity (Wildman–Crippen MR) is 83.7 cm³/mol. The van der Waals surface area contributed by atoms with Gasteiger partial charge in [0.2, 0.25) is 0 Å². The minimum absolute atomic E-state index is 0.0497. The van der Waals surface area contributed by atoms with Crippen molar-refractivity contribution >= 4 is 11.8 Å². The quantitative estimate of drug-likeness (QED) is 0.845. The molecule has 3 rings (SSSR count). The SMILES string of the molecule is Fc1cccc2c1SCCC2NCCC1CCCCC1. The smallest absolute Gasteiger partial charge is 0.137 e. The number of nitrogens with one attached hydrogen (secondary N) is 1. The third-order valence-electron chi connectivity index (χ3n) is 4.69. The second kappa shape index (κ2) is 6.95. The molecule has 0 bridgehead atoms. The summed E-state index contributed by atoms with van der Waals surface area (Å²) in [6.07, 6.45) is 9.48. The molecule has 0 aromatic heterocycles. The van der Waals surface area contributed by atoms with Gasteiger partial charge in [-0.15, -0.1) is 11.8 Å². The molecular formula is C17H24FNS. The average Bonchev–Trinajstić information content (AvgIpc) is 2.49. The number of benzene rings is 1. The number of halogens is 1. The fraction of sp³-hybridized carbons (Fsp3) is 0.647. The summed E-state index contributed by atoms with van der Waals surface area (Å²) in [6.45, 7) is 1.08. The minimum atomic E-state index is -0.0497. The van der Waals surface area contributed by atoms with Crippen molar-refractivity contribution in [1.29, 1.82) is 0 Å². The number of hydrogen-bond donors (Lipinski definition) is 1. The molecule has 0 radical (unpaired) electrons. The van der Waals surface area contributed by atoms with Crippen LogP contribution in [0.1, 0.15) is 56.6 Å². The van der Waals surface area contributed by atoms with E-state index in [9.17, 15) is 4.39 Å². The zero-order chi connectivity index (χ0) is 13.8. The van der Waals surface area contributed by atoms with Gasteiger partial charge in [0.25, 0.3) is 0 Å². The van der Waals surface area contributed by atoms with E-state index in [2.05, 4.69) is 11.4 Å². The zero-order valence-electron chi connectivity index (χ0n) is 12.0. The van der Waals surface area contributed by atoms with Crippen molar-refractivity contribution in [2.45, 2.75) is 55.9 Å². The van der Waals surface area contributed by atoms with E-state index in [0.29, 0.717) is 6.04 Å². The Morgan fingerprint density at radius 2 is 2.00 bits per heavy atom. The summed E-state index contributed by atoms with van der Waals surface area (Å²) in [5.74, 6) is 1.89. The van der Waals surface area contributed by atoms with E-state index < -0.39 is 0 Å². The molecule has 1 saturated carbocycles. The van der Waals surface area contributed by atoms with Crippen molar-refractivity contribution in [3.63, 3.8) is 0 Å². The van der Waals surface area contributed by atoms with Gasteiger partial charge in [0, 0.05) is 10.9 Å². The fourth-order valence-electron chi connectivity index (χ4n) is 3.54. The van der Waals surface area contributed by atoms with E-state index in [-0.39, 0.29) is 5.82 Å². The van der Waals surface area contributed by atoms with Crippen LogP contribution in [-0.2, 0) is 0 Å². The van der Waals surface area contributed by atoms with Gasteiger partial charge >= 0.3 is 0 Å². The van der Waals surface area contributed by atoms with Gasteiger partial charge in [-0.25, -0.2) is 4.39 Å². The van der Waals surface area contributed by atoms with Crippen LogP contribution >= 0.6 is 11.8 Å². The second-order valence-corrected chi connectivity index (χ2v) is 7.20. The van der Waals surface area contributed by atoms with Crippen LogP contribution in [0, 0.1) is 11.7 Å². The molecular weight excluding hydrogens is 269 g/mol. The first kappa shape index (κ1) is 14.4. The van der Waals surface area contributed by atoms with Crippen molar-refractivity contribution in [1.82, 2.24) is 5.32 Å². The number of rotatable bonds is 4. The maximum absolute atomic E-state index is 13.8. The predicted octanol–water partition coefficient (Wildman–Crippen LogP) is 4.92. The molecule has 1 heterocycles. The average molecular weight is 293 g/mol. The van der Waals surface area contributed by atoms with Crippen LogP contribution in [0.5, 0.6) is 0 Å². The van der Waals surface area contributed by atoms with Gasteiger partial charge in [-0.3, -0.25) is 0 Å². The topological polar surface area (TPSA) is 12.0 Å². The lowest BCUT2D eigenvalue weighted by Crippen LogP contribution is -2.27. The first-order valence-corrected chi connectivity index (χ1v) is 8.98. The minimum Gasteiger partial charge on any atom is -0.310 e. The Kier molecular flexibility index (Phi) is 5.00. The monoisotopic (exact) mass is 293 g/mol. The summed E-state index contributed by atoms with van der Waals surface area (Å²) in [5, 5.41) is 3.67. The summed E-state index contributed by atoms with van der Waals surface area (Å²) in [5.41, 5.74) is 1.17. The number of fused-ring (bicyclic) bond motifs is 1. The Bertz CT molecular complexity index is 443. The van der Waals surface area contributed by atoms with Crippen LogP contribution in [0.3, 0.4) is 0 Å².